The molecule has 0 saturated heterocycles. The van der Waals surface area contributed by atoms with Crippen LogP contribution in [-0.4, -0.2) is 53.5 Å². The van der Waals surface area contributed by atoms with E-state index in [2.05, 4.69) is 15.0 Å². The lowest BCUT2D eigenvalue weighted by atomic mass is 10.1. The Morgan fingerprint density at radius 1 is 1.22 bits per heavy atom. The Morgan fingerprint density at radius 2 is 1.94 bits per heavy atom. The van der Waals surface area contributed by atoms with Crippen molar-refractivity contribution in [1.82, 2.24) is 10.3 Å². The Hall–Kier alpha value is -3.96. The summed E-state index contributed by atoms with van der Waals surface area (Å²) >= 11 is 0. The highest BCUT2D eigenvalue weighted by Gasteiger charge is 2.28. The molecule has 1 aromatic carbocycles. The predicted molar refractivity (Wildman–Crippen MR) is 110 cm³/mol. The minimum Gasteiger partial charge on any atom is -0.469 e. The maximum absolute atomic E-state index is 12.4. The first kappa shape index (κ1) is 24.3. The van der Waals surface area contributed by atoms with Gasteiger partial charge in [-0.3, -0.25) is 19.9 Å². The van der Waals surface area contributed by atoms with Gasteiger partial charge in [0.1, 0.15) is 22.9 Å². The summed E-state index contributed by atoms with van der Waals surface area (Å²) in [7, 11) is 1.13. The lowest BCUT2D eigenvalue weighted by molar-refractivity contribution is -0.383. The van der Waals surface area contributed by atoms with E-state index in [4.69, 9.17) is 14.2 Å². The first-order chi connectivity index (χ1) is 15.0. The molecule has 0 aliphatic heterocycles. The van der Waals surface area contributed by atoms with Gasteiger partial charge in [0.25, 0.3) is 5.69 Å². The molecule has 172 valence electrons. The number of nitrogens with zero attached hydrogens (tertiary/aromatic N) is 2. The summed E-state index contributed by atoms with van der Waals surface area (Å²) in [6.45, 7) is 4.31. The summed E-state index contributed by atoms with van der Waals surface area (Å²) in [5.74, 6) is -1.58. The second-order valence-corrected chi connectivity index (χ2v) is 7.44. The molecule has 12 heteroatoms. The quantitative estimate of drug-likeness (QED) is 0.209. The van der Waals surface area contributed by atoms with Crippen molar-refractivity contribution in [3.05, 3.63) is 40.6 Å². The van der Waals surface area contributed by atoms with E-state index in [1.54, 1.807) is 26.8 Å². The van der Waals surface area contributed by atoms with Crippen molar-refractivity contribution in [1.29, 1.82) is 0 Å². The van der Waals surface area contributed by atoms with E-state index in [1.807, 2.05) is 0 Å². The van der Waals surface area contributed by atoms with Gasteiger partial charge in [-0.1, -0.05) is 0 Å². The van der Waals surface area contributed by atoms with E-state index in [1.165, 1.54) is 24.4 Å². The van der Waals surface area contributed by atoms with Crippen LogP contribution < -0.4 is 10.1 Å². The van der Waals surface area contributed by atoms with E-state index in [-0.39, 0.29) is 22.3 Å². The number of aromatic nitrogens is 1. The molecule has 2 rings (SSSR count). The monoisotopic (exact) mass is 449 g/mol. The Morgan fingerprint density at radius 3 is 2.56 bits per heavy atom. The highest BCUT2D eigenvalue weighted by Crippen LogP contribution is 2.31. The van der Waals surface area contributed by atoms with Gasteiger partial charge in [0, 0.05) is 12.3 Å². The predicted octanol–water partition coefficient (Wildman–Crippen LogP) is 2.48. The molecule has 0 aliphatic rings. The Bertz CT molecular complexity index is 1020. The number of alkyl carbamates (subject to hydrolysis) is 1. The van der Waals surface area contributed by atoms with Gasteiger partial charge in [-0.2, -0.15) is 0 Å². The number of nitro benzene ring substituents is 1. The van der Waals surface area contributed by atoms with Crippen LogP contribution in [-0.2, 0) is 23.8 Å². The van der Waals surface area contributed by atoms with Gasteiger partial charge in [-0.25, -0.2) is 9.59 Å². The number of non-ortho nitro benzene ring substituents is 1. The number of ether oxygens (including phenoxy) is 4. The largest absolute Gasteiger partial charge is 0.469 e. The fourth-order valence-corrected chi connectivity index (χ4v) is 2.55. The zero-order valence-electron chi connectivity index (χ0n) is 17.9. The molecule has 1 atom stereocenters. The molecule has 1 unspecified atom stereocenters. The molecule has 0 bridgehead atoms. The molecule has 0 saturated carbocycles. The average molecular weight is 449 g/mol. The summed E-state index contributed by atoms with van der Waals surface area (Å²) < 4.78 is 20.0. The average Bonchev–Trinajstić information content (AvgIpc) is 2.71. The molecule has 1 N–H and O–H groups in total. The third kappa shape index (κ3) is 6.79. The van der Waals surface area contributed by atoms with Gasteiger partial charge in [0.15, 0.2) is 0 Å². The summed E-state index contributed by atoms with van der Waals surface area (Å²) in [4.78, 5) is 50.7. The SMILES string of the molecule is COC(=O)CC(NC(=O)OC(C)(C)C)C(=O)OCOc1ccc([N+](=O)[O-])c2cccnc12. The van der Waals surface area contributed by atoms with E-state index in [9.17, 15) is 24.5 Å². The van der Waals surface area contributed by atoms with Crippen LogP contribution in [0, 0.1) is 10.1 Å². The van der Waals surface area contributed by atoms with E-state index >= 15 is 0 Å². The van der Waals surface area contributed by atoms with Gasteiger partial charge in [-0.05, 0) is 39.0 Å². The summed E-state index contributed by atoms with van der Waals surface area (Å²) in [5.41, 5.74) is -0.774. The number of esters is 2. The molecule has 0 fully saturated rings. The molecule has 0 spiro atoms. The fraction of sp³-hybridized carbons (Fsp3) is 0.400. The topological polar surface area (TPSA) is 156 Å². The Labute approximate surface area is 182 Å². The maximum Gasteiger partial charge on any atom is 0.408 e. The van der Waals surface area contributed by atoms with Crippen LogP contribution in [0.2, 0.25) is 0 Å². The lowest BCUT2D eigenvalue weighted by Crippen LogP contribution is -2.45. The third-order valence-corrected chi connectivity index (χ3v) is 3.90. The highest BCUT2D eigenvalue weighted by molar-refractivity contribution is 5.92. The van der Waals surface area contributed by atoms with Crippen molar-refractivity contribution >= 4 is 34.6 Å². The number of fused-ring (bicyclic) bond motifs is 1. The van der Waals surface area contributed by atoms with Crippen LogP contribution in [0.5, 0.6) is 5.75 Å². The smallest absolute Gasteiger partial charge is 0.408 e. The van der Waals surface area contributed by atoms with Crippen LogP contribution in [0.4, 0.5) is 10.5 Å². The zero-order valence-corrected chi connectivity index (χ0v) is 17.9. The second kappa shape index (κ2) is 10.4. The zero-order chi connectivity index (χ0) is 23.9. The van der Waals surface area contributed by atoms with E-state index in [0.717, 1.165) is 7.11 Å². The normalized spacial score (nSPS) is 11.9. The van der Waals surface area contributed by atoms with Gasteiger partial charge < -0.3 is 24.3 Å². The number of nitrogens with one attached hydrogen (secondary N) is 1. The molecule has 2 aromatic rings. The Kier molecular flexibility index (Phi) is 7.88. The van der Waals surface area contributed by atoms with Crippen LogP contribution >= 0.6 is 0 Å². The van der Waals surface area contributed by atoms with Gasteiger partial charge in [-0.15, -0.1) is 0 Å². The minimum absolute atomic E-state index is 0.142. The van der Waals surface area contributed by atoms with Gasteiger partial charge in [0.05, 0.1) is 23.8 Å². The van der Waals surface area contributed by atoms with E-state index in [0.29, 0.717) is 0 Å². The molecule has 12 nitrogen and oxygen atoms in total. The number of nitro groups is 1. The van der Waals surface area contributed by atoms with Gasteiger partial charge >= 0.3 is 18.0 Å². The number of benzene rings is 1. The number of hydrogen-bond acceptors (Lipinski definition) is 10. The summed E-state index contributed by atoms with van der Waals surface area (Å²) in [5, 5.41) is 13.7. The van der Waals surface area contributed by atoms with Crippen molar-refractivity contribution < 1.29 is 38.3 Å². The second-order valence-electron chi connectivity index (χ2n) is 7.44. The molecule has 32 heavy (non-hydrogen) atoms. The fourth-order valence-electron chi connectivity index (χ4n) is 2.55. The van der Waals surface area contributed by atoms with Crippen molar-refractivity contribution in [2.45, 2.75) is 38.8 Å². The van der Waals surface area contributed by atoms with Crippen molar-refractivity contribution in [2.75, 3.05) is 13.9 Å². The third-order valence-electron chi connectivity index (χ3n) is 3.90. The van der Waals surface area contributed by atoms with Crippen LogP contribution in [0.25, 0.3) is 10.9 Å². The Balaban J connectivity index is 2.08. The number of amides is 1. The van der Waals surface area contributed by atoms with Crippen molar-refractivity contribution in [3.63, 3.8) is 0 Å². The van der Waals surface area contributed by atoms with Crippen LogP contribution in [0.3, 0.4) is 0 Å². The molecule has 1 aromatic heterocycles. The number of pyridine rings is 1. The van der Waals surface area contributed by atoms with Crippen LogP contribution in [0.15, 0.2) is 30.5 Å². The van der Waals surface area contributed by atoms with Gasteiger partial charge in [0.2, 0.25) is 6.79 Å². The first-order valence-electron chi connectivity index (χ1n) is 9.39. The van der Waals surface area contributed by atoms with Crippen molar-refractivity contribution in [3.8, 4) is 5.75 Å². The molecule has 1 heterocycles. The maximum atomic E-state index is 12.4. The first-order valence-corrected chi connectivity index (χ1v) is 9.39. The molecule has 0 radical (unpaired) electrons. The summed E-state index contributed by atoms with van der Waals surface area (Å²) in [6.07, 6.45) is 0.0217. The number of methoxy groups -OCH3 is 1. The molecule has 1 amide bonds. The molecule has 0 aliphatic carbocycles. The molecular weight excluding hydrogens is 426 g/mol. The number of carbonyl (C=O) groups excluding carboxylic acids is 3. The van der Waals surface area contributed by atoms with Crippen LogP contribution in [0.1, 0.15) is 27.2 Å². The van der Waals surface area contributed by atoms with Crippen molar-refractivity contribution in [2.24, 2.45) is 0 Å². The minimum atomic E-state index is -1.38. The number of rotatable bonds is 8. The standard InChI is InChI=1S/C20H23N3O9/c1-20(2,3)32-19(26)22-13(10-16(24)29-4)18(25)31-11-30-15-8-7-14(23(27)28)12-6-5-9-21-17(12)15/h5-9,13H,10-11H2,1-4H3,(H,22,26). The van der Waals surface area contributed by atoms with E-state index < -0.39 is 47.8 Å². The number of hydrogen-bond donors (Lipinski definition) is 1. The molecular formula is C20H23N3O9. The summed E-state index contributed by atoms with van der Waals surface area (Å²) in [6, 6.07) is 4.24. The highest BCUT2D eigenvalue weighted by atomic mass is 16.7. The number of carbonyl (C=O) groups is 3. The lowest BCUT2D eigenvalue weighted by Gasteiger charge is -2.22.